The number of hydrogen-bond donors (Lipinski definition) is 3. The molecule has 4 unspecified atom stereocenters. The van der Waals surface area contributed by atoms with E-state index in [4.69, 9.17) is 10.8 Å². The van der Waals surface area contributed by atoms with Crippen LogP contribution in [0.3, 0.4) is 0 Å². The SMILES string of the molecule is CC(CCCNC(=O)C1CCC(N)C(C)C1(C)C)C(=O)O. The standard InChI is InChI=1S/C16H30N2O3/c1-10(15(20)21)6-5-9-18-14(19)12-7-8-13(17)11(2)16(12,3)4/h10-13H,5-9,17H2,1-4H3,(H,18,19)(H,20,21). The van der Waals surface area contributed by atoms with Gasteiger partial charge in [0.2, 0.25) is 5.91 Å². The predicted octanol–water partition coefficient (Wildman–Crippen LogP) is 2.00. The Balaban J connectivity index is 2.43. The summed E-state index contributed by atoms with van der Waals surface area (Å²) in [4.78, 5) is 23.1. The van der Waals surface area contributed by atoms with Crippen LogP contribution in [0.5, 0.6) is 0 Å². The Hall–Kier alpha value is -1.10. The molecule has 0 aromatic carbocycles. The van der Waals surface area contributed by atoms with Crippen LogP contribution in [0.4, 0.5) is 0 Å². The highest BCUT2D eigenvalue weighted by atomic mass is 16.4. The van der Waals surface area contributed by atoms with Gasteiger partial charge < -0.3 is 16.2 Å². The molecular formula is C16H30N2O3. The van der Waals surface area contributed by atoms with Gasteiger partial charge in [-0.15, -0.1) is 0 Å². The summed E-state index contributed by atoms with van der Waals surface area (Å²) in [5.74, 6) is -0.747. The number of carbonyl (C=O) groups is 2. The Morgan fingerprint density at radius 2 is 2.00 bits per heavy atom. The molecule has 0 radical (unpaired) electrons. The van der Waals surface area contributed by atoms with E-state index in [1.165, 1.54) is 0 Å². The fourth-order valence-electron chi connectivity index (χ4n) is 3.19. The van der Waals surface area contributed by atoms with Crippen molar-refractivity contribution in [2.45, 2.75) is 59.4 Å². The quantitative estimate of drug-likeness (QED) is 0.654. The minimum Gasteiger partial charge on any atom is -0.481 e. The van der Waals surface area contributed by atoms with Crippen LogP contribution >= 0.6 is 0 Å². The Morgan fingerprint density at radius 1 is 1.38 bits per heavy atom. The summed E-state index contributed by atoms with van der Waals surface area (Å²) in [5, 5.41) is 11.8. The molecule has 0 saturated heterocycles. The number of nitrogens with two attached hydrogens (primary N) is 1. The lowest BCUT2D eigenvalue weighted by atomic mass is 9.61. The van der Waals surface area contributed by atoms with Gasteiger partial charge in [-0.05, 0) is 37.0 Å². The van der Waals surface area contributed by atoms with Crippen LogP contribution in [0.2, 0.25) is 0 Å². The second-order valence-corrected chi connectivity index (χ2v) is 7.08. The van der Waals surface area contributed by atoms with Crippen molar-refractivity contribution in [3.8, 4) is 0 Å². The lowest BCUT2D eigenvalue weighted by Gasteiger charge is -2.46. The van der Waals surface area contributed by atoms with Crippen molar-refractivity contribution in [2.24, 2.45) is 28.9 Å². The van der Waals surface area contributed by atoms with Gasteiger partial charge in [-0.25, -0.2) is 0 Å². The monoisotopic (exact) mass is 298 g/mol. The van der Waals surface area contributed by atoms with E-state index >= 15 is 0 Å². The number of carbonyl (C=O) groups excluding carboxylic acids is 1. The van der Waals surface area contributed by atoms with Crippen molar-refractivity contribution in [3.63, 3.8) is 0 Å². The van der Waals surface area contributed by atoms with Crippen LogP contribution in [0.15, 0.2) is 0 Å². The van der Waals surface area contributed by atoms with E-state index in [0.717, 1.165) is 12.8 Å². The predicted molar refractivity (Wildman–Crippen MR) is 82.7 cm³/mol. The van der Waals surface area contributed by atoms with E-state index in [9.17, 15) is 9.59 Å². The molecule has 122 valence electrons. The highest BCUT2D eigenvalue weighted by molar-refractivity contribution is 5.79. The van der Waals surface area contributed by atoms with Gasteiger partial charge in [0.1, 0.15) is 0 Å². The minimum atomic E-state index is -0.780. The summed E-state index contributed by atoms with van der Waals surface area (Å²) >= 11 is 0. The summed E-state index contributed by atoms with van der Waals surface area (Å²) < 4.78 is 0. The lowest BCUT2D eigenvalue weighted by Crippen LogP contribution is -2.51. The molecule has 4 atom stereocenters. The van der Waals surface area contributed by atoms with Gasteiger partial charge >= 0.3 is 5.97 Å². The minimum absolute atomic E-state index is 0.0100. The highest BCUT2D eigenvalue weighted by Crippen LogP contribution is 2.44. The first-order valence-corrected chi connectivity index (χ1v) is 7.94. The molecule has 0 aromatic heterocycles. The third-order valence-corrected chi connectivity index (χ3v) is 5.35. The molecular weight excluding hydrogens is 268 g/mol. The van der Waals surface area contributed by atoms with E-state index in [-0.39, 0.29) is 29.2 Å². The fraction of sp³-hybridized carbons (Fsp3) is 0.875. The van der Waals surface area contributed by atoms with Gasteiger partial charge in [0.25, 0.3) is 0 Å². The fourth-order valence-corrected chi connectivity index (χ4v) is 3.19. The molecule has 21 heavy (non-hydrogen) atoms. The molecule has 1 fully saturated rings. The molecule has 1 saturated carbocycles. The smallest absolute Gasteiger partial charge is 0.306 e. The van der Waals surface area contributed by atoms with Gasteiger partial charge in [0, 0.05) is 18.5 Å². The van der Waals surface area contributed by atoms with Crippen LogP contribution in [0, 0.1) is 23.2 Å². The zero-order valence-electron chi connectivity index (χ0n) is 13.7. The Morgan fingerprint density at radius 3 is 2.57 bits per heavy atom. The molecule has 5 nitrogen and oxygen atoms in total. The lowest BCUT2D eigenvalue weighted by molar-refractivity contribution is -0.141. The van der Waals surface area contributed by atoms with Crippen molar-refractivity contribution in [2.75, 3.05) is 6.54 Å². The van der Waals surface area contributed by atoms with E-state index in [1.54, 1.807) is 6.92 Å². The molecule has 0 heterocycles. The molecule has 0 bridgehead atoms. The normalized spacial score (nSPS) is 29.7. The highest BCUT2D eigenvalue weighted by Gasteiger charge is 2.44. The van der Waals surface area contributed by atoms with E-state index < -0.39 is 5.97 Å². The summed E-state index contributed by atoms with van der Waals surface area (Å²) in [7, 11) is 0. The first-order chi connectivity index (χ1) is 9.67. The van der Waals surface area contributed by atoms with Crippen molar-refractivity contribution < 1.29 is 14.7 Å². The van der Waals surface area contributed by atoms with Crippen LogP contribution in [-0.4, -0.2) is 29.6 Å². The van der Waals surface area contributed by atoms with Crippen LogP contribution in [0.1, 0.15) is 53.4 Å². The Labute approximate surface area is 127 Å². The topological polar surface area (TPSA) is 92.4 Å². The molecule has 1 aliphatic rings. The van der Waals surface area contributed by atoms with Crippen molar-refractivity contribution in [1.82, 2.24) is 5.32 Å². The van der Waals surface area contributed by atoms with E-state index in [2.05, 4.69) is 26.1 Å². The number of hydrogen-bond acceptors (Lipinski definition) is 3. The number of amides is 1. The summed E-state index contributed by atoms with van der Waals surface area (Å²) in [5.41, 5.74) is 6.01. The van der Waals surface area contributed by atoms with Crippen LogP contribution in [-0.2, 0) is 9.59 Å². The van der Waals surface area contributed by atoms with Crippen LogP contribution < -0.4 is 11.1 Å². The largest absolute Gasteiger partial charge is 0.481 e. The molecule has 1 rings (SSSR count). The maximum Gasteiger partial charge on any atom is 0.306 e. The van der Waals surface area contributed by atoms with Gasteiger partial charge in [0.05, 0.1) is 5.92 Å². The van der Waals surface area contributed by atoms with Crippen molar-refractivity contribution in [1.29, 1.82) is 0 Å². The molecule has 1 amide bonds. The first-order valence-electron chi connectivity index (χ1n) is 7.94. The van der Waals surface area contributed by atoms with E-state index in [0.29, 0.717) is 25.3 Å². The zero-order chi connectivity index (χ0) is 16.2. The summed E-state index contributed by atoms with van der Waals surface area (Å²) in [6.45, 7) is 8.60. The first kappa shape index (κ1) is 18.0. The zero-order valence-corrected chi connectivity index (χ0v) is 13.7. The summed E-state index contributed by atoms with van der Waals surface area (Å²) in [6, 6.07) is 0.167. The van der Waals surface area contributed by atoms with Gasteiger partial charge in [-0.2, -0.15) is 0 Å². The van der Waals surface area contributed by atoms with Crippen molar-refractivity contribution >= 4 is 11.9 Å². The van der Waals surface area contributed by atoms with Gasteiger partial charge in [-0.3, -0.25) is 9.59 Å². The number of aliphatic carboxylic acids is 1. The maximum atomic E-state index is 12.4. The third kappa shape index (κ3) is 4.43. The number of rotatable bonds is 6. The third-order valence-electron chi connectivity index (χ3n) is 5.35. The molecule has 4 N–H and O–H groups in total. The van der Waals surface area contributed by atoms with Crippen LogP contribution in [0.25, 0.3) is 0 Å². The second-order valence-electron chi connectivity index (χ2n) is 7.08. The molecule has 0 spiro atoms. The molecule has 1 aliphatic carbocycles. The summed E-state index contributed by atoms with van der Waals surface area (Å²) in [6.07, 6.45) is 3.00. The second kappa shape index (κ2) is 7.25. The van der Waals surface area contributed by atoms with Gasteiger partial charge in [-0.1, -0.05) is 27.7 Å². The molecule has 0 aliphatic heterocycles. The van der Waals surface area contributed by atoms with E-state index in [1.807, 2.05) is 0 Å². The average molecular weight is 298 g/mol. The number of carboxylic acids is 1. The van der Waals surface area contributed by atoms with Crippen molar-refractivity contribution in [3.05, 3.63) is 0 Å². The number of carboxylic acid groups (broad SMARTS) is 1. The Kier molecular flexibility index (Phi) is 6.20. The maximum absolute atomic E-state index is 12.4. The average Bonchev–Trinajstić information content (AvgIpc) is 2.40. The Bertz CT molecular complexity index is 382. The van der Waals surface area contributed by atoms with Gasteiger partial charge in [0.15, 0.2) is 0 Å². The number of nitrogens with one attached hydrogen (secondary N) is 1. The molecule has 5 heteroatoms. The molecule has 0 aromatic rings.